The van der Waals surface area contributed by atoms with E-state index in [1.807, 2.05) is 7.05 Å². The number of rotatable bonds is 6. The summed E-state index contributed by atoms with van der Waals surface area (Å²) in [5.74, 6) is 0.173. The summed E-state index contributed by atoms with van der Waals surface area (Å²) in [5, 5.41) is 4.89. The number of benzene rings is 1. The normalized spacial score (nSPS) is 22.8. The molecule has 2 amide bonds. The number of piperazine rings is 1. The zero-order chi connectivity index (χ0) is 20.7. The molecular formula is C16H24N5O5S2+. The summed E-state index contributed by atoms with van der Waals surface area (Å²) in [4.78, 5) is 24.9. The van der Waals surface area contributed by atoms with E-state index in [9.17, 15) is 18.0 Å². The predicted octanol–water partition coefficient (Wildman–Crippen LogP) is 0.279. The molecule has 3 N–H and O–H groups in total. The van der Waals surface area contributed by atoms with Gasteiger partial charge < -0.3 is 9.22 Å². The second kappa shape index (κ2) is 9.98. The molecule has 10 nitrogen and oxygen atoms in total. The van der Waals surface area contributed by atoms with Crippen molar-refractivity contribution in [2.75, 3.05) is 40.8 Å². The Morgan fingerprint density at radius 3 is 2.61 bits per heavy atom. The molecule has 1 aromatic carbocycles. The van der Waals surface area contributed by atoms with Crippen molar-refractivity contribution in [2.24, 2.45) is 4.36 Å². The van der Waals surface area contributed by atoms with Crippen LogP contribution < -0.4 is 20.1 Å². The standard InChI is InChI=1S/C16H23N5O5S2/c1-17-27-16(23)19-15(22)14(11-4-6-12(26-3)7-5-11)21(2)9-8-18-13(10-21)20-28(24)25/h4-7,13-14,17-18H,8-10H2,1-3H3/p+1. The van der Waals surface area contributed by atoms with Crippen LogP contribution in [0.1, 0.15) is 11.6 Å². The summed E-state index contributed by atoms with van der Waals surface area (Å²) < 4.78 is 33.6. The van der Waals surface area contributed by atoms with Crippen LogP contribution in [-0.4, -0.2) is 71.1 Å². The second-order valence-electron chi connectivity index (χ2n) is 6.44. The highest BCUT2D eigenvalue weighted by Crippen LogP contribution is 2.30. The van der Waals surface area contributed by atoms with Crippen LogP contribution in [0.4, 0.5) is 4.79 Å². The van der Waals surface area contributed by atoms with Crippen LogP contribution in [0.3, 0.4) is 0 Å². The number of methoxy groups -OCH3 is 1. The lowest BCUT2D eigenvalue weighted by molar-refractivity contribution is -0.934. The maximum atomic E-state index is 13.0. The van der Waals surface area contributed by atoms with Crippen molar-refractivity contribution in [1.82, 2.24) is 15.4 Å². The van der Waals surface area contributed by atoms with E-state index in [0.29, 0.717) is 24.4 Å². The third kappa shape index (κ3) is 5.75. The van der Waals surface area contributed by atoms with Gasteiger partial charge in [-0.05, 0) is 31.3 Å². The first kappa shape index (κ1) is 22.3. The molecule has 12 heteroatoms. The minimum Gasteiger partial charge on any atom is -0.497 e. The van der Waals surface area contributed by atoms with Crippen molar-refractivity contribution in [3.63, 3.8) is 0 Å². The molecule has 1 aliphatic rings. The van der Waals surface area contributed by atoms with E-state index in [1.165, 1.54) is 0 Å². The van der Waals surface area contributed by atoms with E-state index in [4.69, 9.17) is 4.74 Å². The zero-order valence-electron chi connectivity index (χ0n) is 15.8. The van der Waals surface area contributed by atoms with E-state index >= 15 is 0 Å². The van der Waals surface area contributed by atoms with Crippen LogP contribution in [0.5, 0.6) is 5.75 Å². The van der Waals surface area contributed by atoms with E-state index in [-0.39, 0.29) is 11.0 Å². The summed E-state index contributed by atoms with van der Waals surface area (Å²) in [6.45, 7) is 1.29. The quantitative estimate of drug-likeness (QED) is 0.434. The van der Waals surface area contributed by atoms with Crippen LogP contribution in [0.25, 0.3) is 0 Å². The highest BCUT2D eigenvalue weighted by atomic mass is 32.2. The maximum absolute atomic E-state index is 13.0. The predicted molar refractivity (Wildman–Crippen MR) is 105 cm³/mol. The molecule has 0 spiro atoms. The number of quaternary nitrogens is 1. The third-order valence-electron chi connectivity index (χ3n) is 4.53. The van der Waals surface area contributed by atoms with E-state index < -0.39 is 33.9 Å². The lowest BCUT2D eigenvalue weighted by Crippen LogP contribution is -2.63. The number of imide groups is 1. The maximum Gasteiger partial charge on any atom is 0.312 e. The van der Waals surface area contributed by atoms with Crippen molar-refractivity contribution in [1.29, 1.82) is 0 Å². The Kier molecular flexibility index (Phi) is 7.95. The van der Waals surface area contributed by atoms with Crippen LogP contribution >= 0.6 is 11.9 Å². The molecule has 0 bridgehead atoms. The van der Waals surface area contributed by atoms with Gasteiger partial charge in [-0.15, -0.1) is 4.36 Å². The Labute approximate surface area is 169 Å². The average Bonchev–Trinajstić information content (AvgIpc) is 2.61. The smallest absolute Gasteiger partial charge is 0.312 e. The molecule has 0 radical (unpaired) electrons. The number of hydrogen-bond acceptors (Lipinski definition) is 9. The van der Waals surface area contributed by atoms with Crippen molar-refractivity contribution >= 4 is 33.6 Å². The molecule has 1 aromatic rings. The molecule has 1 saturated heterocycles. The highest BCUT2D eigenvalue weighted by molar-refractivity contribution is 8.11. The molecule has 3 atom stereocenters. The van der Waals surface area contributed by atoms with Gasteiger partial charge in [0.2, 0.25) is 0 Å². The Balaban J connectivity index is 2.39. The SMILES string of the molecule is CNSC(=O)NC(=O)C(c1ccc(OC)cc1)[N+]1(C)CCNC(N=S(=O)=O)C1. The van der Waals surface area contributed by atoms with Gasteiger partial charge in [-0.2, -0.15) is 8.42 Å². The summed E-state index contributed by atoms with van der Waals surface area (Å²) >= 11 is 0.773. The molecule has 1 fully saturated rings. The summed E-state index contributed by atoms with van der Waals surface area (Å²) in [7, 11) is 2.41. The number of hydrogen-bond donors (Lipinski definition) is 3. The summed E-state index contributed by atoms with van der Waals surface area (Å²) in [6, 6.07) is 6.28. The van der Waals surface area contributed by atoms with Crippen molar-refractivity contribution in [3.8, 4) is 5.75 Å². The van der Waals surface area contributed by atoms with E-state index in [1.54, 1.807) is 38.4 Å². The van der Waals surface area contributed by atoms with Gasteiger partial charge in [-0.1, -0.05) is 0 Å². The number of nitrogens with one attached hydrogen (secondary N) is 3. The molecule has 1 aliphatic heterocycles. The molecule has 0 saturated carbocycles. The summed E-state index contributed by atoms with van der Waals surface area (Å²) in [6.07, 6.45) is -0.645. The minimum atomic E-state index is -2.56. The Bertz CT molecular complexity index is 837. The van der Waals surface area contributed by atoms with Gasteiger partial charge in [0, 0.05) is 24.1 Å². The monoisotopic (exact) mass is 430 g/mol. The molecule has 1 heterocycles. The fourth-order valence-electron chi connectivity index (χ4n) is 3.31. The number of likely N-dealkylation sites (N-methyl/N-ethyl adjacent to an activating group) is 1. The Morgan fingerprint density at radius 1 is 1.36 bits per heavy atom. The number of ether oxygens (including phenoxy) is 1. The molecule has 3 unspecified atom stereocenters. The van der Waals surface area contributed by atoms with Crippen LogP contribution in [0.15, 0.2) is 28.6 Å². The number of carbonyl (C=O) groups excluding carboxylic acids is 2. The number of nitrogens with zero attached hydrogens (tertiary/aromatic N) is 2. The van der Waals surface area contributed by atoms with Crippen molar-refractivity contribution in [3.05, 3.63) is 29.8 Å². The molecule has 154 valence electrons. The third-order valence-corrected chi connectivity index (χ3v) is 5.45. The van der Waals surface area contributed by atoms with Crippen LogP contribution in [0, 0.1) is 0 Å². The minimum absolute atomic E-state index is 0.189. The zero-order valence-corrected chi connectivity index (χ0v) is 17.5. The Morgan fingerprint density at radius 2 is 2.04 bits per heavy atom. The van der Waals surface area contributed by atoms with Crippen LogP contribution in [-0.2, 0) is 15.3 Å². The van der Waals surface area contributed by atoms with Gasteiger partial charge in [-0.25, -0.2) is 0 Å². The fourth-order valence-corrected chi connectivity index (χ4v) is 4.00. The number of amides is 2. The lowest BCUT2D eigenvalue weighted by atomic mass is 10.00. The topological polar surface area (TPSA) is 126 Å². The van der Waals surface area contributed by atoms with Gasteiger partial charge in [0.1, 0.15) is 12.3 Å². The van der Waals surface area contributed by atoms with Crippen molar-refractivity contribution < 1.29 is 27.2 Å². The first-order valence-corrected chi connectivity index (χ1v) is 10.3. The average molecular weight is 431 g/mol. The summed E-state index contributed by atoms with van der Waals surface area (Å²) in [5.41, 5.74) is 0.687. The van der Waals surface area contributed by atoms with Gasteiger partial charge >= 0.3 is 15.7 Å². The van der Waals surface area contributed by atoms with Gasteiger partial charge in [0.15, 0.2) is 12.2 Å². The highest BCUT2D eigenvalue weighted by Gasteiger charge is 2.44. The molecule has 0 aliphatic carbocycles. The van der Waals surface area contributed by atoms with E-state index in [0.717, 1.165) is 11.9 Å². The van der Waals surface area contributed by atoms with Gasteiger partial charge in [0.25, 0.3) is 5.91 Å². The second-order valence-corrected chi connectivity index (χ2v) is 8.06. The molecule has 28 heavy (non-hydrogen) atoms. The first-order chi connectivity index (χ1) is 13.3. The lowest BCUT2D eigenvalue weighted by Gasteiger charge is -2.44. The molecule has 0 aromatic heterocycles. The van der Waals surface area contributed by atoms with Crippen LogP contribution in [0.2, 0.25) is 0 Å². The first-order valence-electron chi connectivity index (χ1n) is 8.49. The van der Waals surface area contributed by atoms with Crippen molar-refractivity contribution in [2.45, 2.75) is 12.2 Å². The van der Waals surface area contributed by atoms with Gasteiger partial charge in [0.05, 0.1) is 20.7 Å². The number of carbonyl (C=O) groups is 2. The van der Waals surface area contributed by atoms with E-state index in [2.05, 4.69) is 19.7 Å². The fraction of sp³-hybridized carbons (Fsp3) is 0.500. The Hall–Kier alpha value is -1.99. The molecule has 2 rings (SSSR count). The molecular weight excluding hydrogens is 406 g/mol. The van der Waals surface area contributed by atoms with Gasteiger partial charge in [-0.3, -0.25) is 24.9 Å². The largest absolute Gasteiger partial charge is 0.497 e.